The second kappa shape index (κ2) is 7.82. The lowest BCUT2D eigenvalue weighted by Gasteiger charge is -2.34. The summed E-state index contributed by atoms with van der Waals surface area (Å²) >= 11 is 0. The van der Waals surface area contributed by atoms with E-state index in [1.54, 1.807) is 21.1 Å². The van der Waals surface area contributed by atoms with E-state index in [2.05, 4.69) is 4.98 Å². The Labute approximate surface area is 147 Å². The molecule has 25 heavy (non-hydrogen) atoms. The topological polar surface area (TPSA) is 91.8 Å². The highest BCUT2D eigenvalue weighted by Gasteiger charge is 2.56. The van der Waals surface area contributed by atoms with E-state index in [1.807, 2.05) is 20.8 Å². The number of H-pyrrole nitrogens is 1. The summed E-state index contributed by atoms with van der Waals surface area (Å²) in [5, 5.41) is 0. The van der Waals surface area contributed by atoms with Crippen molar-refractivity contribution in [1.29, 1.82) is 0 Å². The first-order valence-corrected chi connectivity index (χ1v) is 8.46. The molecular weight excluding hydrogens is 328 g/mol. The fraction of sp³-hybridized carbons (Fsp3) is 0.765. The molecule has 1 saturated heterocycles. The molecular formula is C17H28N2O6. The second-order valence-corrected chi connectivity index (χ2v) is 6.64. The van der Waals surface area contributed by atoms with Crippen molar-refractivity contribution in [3.63, 3.8) is 0 Å². The summed E-state index contributed by atoms with van der Waals surface area (Å²) in [6.07, 6.45) is 0.370. The van der Waals surface area contributed by atoms with Crippen LogP contribution in [0.25, 0.3) is 0 Å². The zero-order chi connectivity index (χ0) is 18.8. The van der Waals surface area contributed by atoms with Crippen molar-refractivity contribution in [2.45, 2.75) is 64.3 Å². The number of nitrogens with zero attached hydrogens (tertiary/aromatic N) is 1. The molecule has 4 atom stereocenters. The number of aryl methyl sites for hydroxylation is 1. The van der Waals surface area contributed by atoms with Crippen LogP contribution in [-0.4, -0.2) is 54.3 Å². The Morgan fingerprint density at radius 2 is 2.04 bits per heavy atom. The number of ether oxygens (including phenoxy) is 4. The normalized spacial score (nSPS) is 29.5. The molecule has 8 nitrogen and oxygen atoms in total. The number of hydrogen-bond acceptors (Lipinski definition) is 6. The van der Waals surface area contributed by atoms with E-state index in [1.165, 1.54) is 10.8 Å². The lowest BCUT2D eigenvalue weighted by molar-refractivity contribution is -0.157. The van der Waals surface area contributed by atoms with Gasteiger partial charge in [-0.2, -0.15) is 0 Å². The van der Waals surface area contributed by atoms with Crippen LogP contribution in [0.5, 0.6) is 0 Å². The fourth-order valence-electron chi connectivity index (χ4n) is 3.30. The highest BCUT2D eigenvalue weighted by atomic mass is 16.6. The Morgan fingerprint density at radius 1 is 1.36 bits per heavy atom. The van der Waals surface area contributed by atoms with Crippen molar-refractivity contribution in [2.75, 3.05) is 20.8 Å². The molecule has 0 radical (unpaired) electrons. The monoisotopic (exact) mass is 356 g/mol. The van der Waals surface area contributed by atoms with E-state index >= 15 is 0 Å². The van der Waals surface area contributed by atoms with Gasteiger partial charge in [0.05, 0.1) is 12.7 Å². The molecule has 0 aliphatic carbocycles. The van der Waals surface area contributed by atoms with Gasteiger partial charge < -0.3 is 18.9 Å². The van der Waals surface area contributed by atoms with Crippen LogP contribution in [0.3, 0.4) is 0 Å². The first-order chi connectivity index (χ1) is 11.8. The van der Waals surface area contributed by atoms with E-state index in [9.17, 15) is 9.59 Å². The average Bonchev–Trinajstić information content (AvgIpc) is 2.84. The van der Waals surface area contributed by atoms with E-state index in [-0.39, 0.29) is 6.10 Å². The molecule has 2 heterocycles. The van der Waals surface area contributed by atoms with Crippen LogP contribution in [0.4, 0.5) is 0 Å². The van der Waals surface area contributed by atoms with Crippen LogP contribution in [0.15, 0.2) is 15.8 Å². The molecule has 0 aromatic carbocycles. The smallest absolute Gasteiger partial charge is 0.330 e. The zero-order valence-electron chi connectivity index (χ0n) is 15.7. The minimum absolute atomic E-state index is 0.0539. The Kier molecular flexibility index (Phi) is 6.21. The highest BCUT2D eigenvalue weighted by Crippen LogP contribution is 2.42. The number of nitrogens with one attached hydrogen (secondary N) is 1. The van der Waals surface area contributed by atoms with Crippen molar-refractivity contribution in [3.8, 4) is 0 Å². The summed E-state index contributed by atoms with van der Waals surface area (Å²) < 4.78 is 24.8. The third-order valence-electron chi connectivity index (χ3n) is 4.55. The van der Waals surface area contributed by atoms with Gasteiger partial charge in [0.15, 0.2) is 6.23 Å². The largest absolute Gasteiger partial charge is 0.382 e. The van der Waals surface area contributed by atoms with Crippen LogP contribution < -0.4 is 11.2 Å². The van der Waals surface area contributed by atoms with Gasteiger partial charge in [0.25, 0.3) is 5.56 Å². The lowest BCUT2D eigenvalue weighted by Crippen LogP contribution is -2.49. The van der Waals surface area contributed by atoms with Crippen molar-refractivity contribution in [1.82, 2.24) is 9.55 Å². The molecule has 2 rings (SSSR count). The maximum atomic E-state index is 12.3. The fourth-order valence-corrected chi connectivity index (χ4v) is 3.30. The van der Waals surface area contributed by atoms with Crippen LogP contribution in [-0.2, 0) is 18.9 Å². The average molecular weight is 356 g/mol. The predicted octanol–water partition coefficient (Wildman–Crippen LogP) is 0.978. The van der Waals surface area contributed by atoms with Crippen molar-refractivity contribution >= 4 is 0 Å². The van der Waals surface area contributed by atoms with Gasteiger partial charge in [-0.05, 0) is 27.2 Å². The van der Waals surface area contributed by atoms with Gasteiger partial charge in [-0.1, -0.05) is 6.92 Å². The van der Waals surface area contributed by atoms with E-state index < -0.39 is 35.3 Å². The Balaban J connectivity index is 2.54. The molecule has 0 spiro atoms. The van der Waals surface area contributed by atoms with Crippen LogP contribution in [0.2, 0.25) is 0 Å². The molecule has 1 aliphatic heterocycles. The number of aromatic amines is 1. The van der Waals surface area contributed by atoms with E-state index in [0.717, 1.165) is 0 Å². The minimum Gasteiger partial charge on any atom is -0.382 e. The summed E-state index contributed by atoms with van der Waals surface area (Å²) in [6.45, 7) is 7.78. The molecule has 0 bridgehead atoms. The van der Waals surface area contributed by atoms with Crippen LogP contribution in [0.1, 0.15) is 39.0 Å². The molecule has 0 amide bonds. The summed E-state index contributed by atoms with van der Waals surface area (Å²) in [4.78, 5) is 26.3. The molecule has 8 heteroatoms. The van der Waals surface area contributed by atoms with Gasteiger partial charge in [0.1, 0.15) is 17.8 Å². The van der Waals surface area contributed by atoms with Gasteiger partial charge >= 0.3 is 5.69 Å². The summed E-state index contributed by atoms with van der Waals surface area (Å²) in [5.41, 5.74) is -1.30. The van der Waals surface area contributed by atoms with Crippen LogP contribution in [0, 0.1) is 6.92 Å². The Morgan fingerprint density at radius 3 is 2.56 bits per heavy atom. The van der Waals surface area contributed by atoms with Crippen molar-refractivity contribution in [2.24, 2.45) is 0 Å². The molecule has 1 aliphatic rings. The van der Waals surface area contributed by atoms with E-state index in [4.69, 9.17) is 18.9 Å². The molecule has 1 aromatic rings. The summed E-state index contributed by atoms with van der Waals surface area (Å²) in [7, 11) is 3.15. The molecule has 0 unspecified atom stereocenters. The first kappa shape index (κ1) is 19.8. The van der Waals surface area contributed by atoms with Gasteiger partial charge in [-0.15, -0.1) is 0 Å². The Bertz CT molecular complexity index is 697. The highest BCUT2D eigenvalue weighted by molar-refractivity contribution is 5.06. The maximum Gasteiger partial charge on any atom is 0.330 e. The molecule has 1 N–H and O–H groups in total. The lowest BCUT2D eigenvalue weighted by atomic mass is 9.92. The van der Waals surface area contributed by atoms with E-state index in [0.29, 0.717) is 18.6 Å². The molecule has 142 valence electrons. The van der Waals surface area contributed by atoms with Gasteiger partial charge in [-0.3, -0.25) is 14.3 Å². The van der Waals surface area contributed by atoms with Crippen molar-refractivity contribution in [3.05, 3.63) is 32.6 Å². The van der Waals surface area contributed by atoms with Crippen LogP contribution >= 0.6 is 0 Å². The number of hydrogen-bond donors (Lipinski definition) is 1. The maximum absolute atomic E-state index is 12.3. The summed E-state index contributed by atoms with van der Waals surface area (Å²) in [6, 6.07) is 0. The van der Waals surface area contributed by atoms with Gasteiger partial charge in [0.2, 0.25) is 0 Å². The summed E-state index contributed by atoms with van der Waals surface area (Å²) in [5.74, 6) is 0. The quantitative estimate of drug-likeness (QED) is 0.783. The molecule has 0 saturated carbocycles. The SMILES string of the molecule is CC[C@]1(COC)O[C@@H](n2cc(C)c(=O)[nH]c2=O)[C@H](OC)[C@@H]1OC(C)C. The predicted molar refractivity (Wildman–Crippen MR) is 91.9 cm³/mol. The molecule has 1 fully saturated rings. The minimum atomic E-state index is -0.756. The van der Waals surface area contributed by atoms with Gasteiger partial charge in [-0.25, -0.2) is 4.79 Å². The third-order valence-corrected chi connectivity index (χ3v) is 4.55. The number of aromatic nitrogens is 2. The number of rotatable bonds is 7. The second-order valence-electron chi connectivity index (χ2n) is 6.64. The zero-order valence-corrected chi connectivity index (χ0v) is 15.7. The molecule has 1 aromatic heterocycles. The third kappa shape index (κ3) is 3.72. The first-order valence-electron chi connectivity index (χ1n) is 8.46. The standard InChI is InChI=1S/C17H28N2O6/c1-7-17(9-22-5)13(24-10(2)3)12(23-6)15(25-17)19-8-11(4)14(20)18-16(19)21/h8,10,12-13,15H,7,9H2,1-6H3,(H,18,20,21)/t12-,13+,15-,17-/m1/s1. The van der Waals surface area contributed by atoms with Crippen molar-refractivity contribution < 1.29 is 18.9 Å². The number of methoxy groups -OCH3 is 2. The van der Waals surface area contributed by atoms with Gasteiger partial charge in [0, 0.05) is 26.0 Å². The Hall–Kier alpha value is -1.48.